The van der Waals surface area contributed by atoms with Crippen molar-refractivity contribution in [1.29, 1.82) is 0 Å². The number of carboxylic acid groups (broad SMARTS) is 1. The summed E-state index contributed by atoms with van der Waals surface area (Å²) >= 11 is 0. The summed E-state index contributed by atoms with van der Waals surface area (Å²) in [6.45, 7) is 0. The molecule has 5 nitrogen and oxygen atoms in total. The fraction of sp³-hybridized carbons (Fsp3) is 0. The van der Waals surface area contributed by atoms with Gasteiger partial charge in [-0.15, -0.1) is 0 Å². The molecule has 0 bridgehead atoms. The molecule has 2 aromatic carbocycles. The van der Waals surface area contributed by atoms with Crippen LogP contribution < -0.4 is 4.72 Å². The van der Waals surface area contributed by atoms with Gasteiger partial charge in [0.25, 0.3) is 10.0 Å². The average molecular weight is 331 g/mol. The van der Waals surface area contributed by atoms with E-state index in [9.17, 15) is 26.4 Å². The zero-order valence-corrected chi connectivity index (χ0v) is 11.5. The molecule has 0 saturated carbocycles. The van der Waals surface area contributed by atoms with Crippen molar-refractivity contribution in [3.05, 3.63) is 59.4 Å². The number of nitrogens with one attached hydrogen (secondary N) is 1. The van der Waals surface area contributed by atoms with E-state index in [1.165, 1.54) is 0 Å². The standard InChI is InChI=1S/C13H8F3NO4S/c14-7-3-1-5-9(11(7)13(18)19)17-22(20,21)10-6-2-4-8(15)12(10)16/h1-6,17H,(H,18,19). The highest BCUT2D eigenvalue weighted by atomic mass is 32.2. The molecule has 0 aliphatic carbocycles. The monoisotopic (exact) mass is 331 g/mol. The molecule has 9 heteroatoms. The Morgan fingerprint density at radius 3 is 2.23 bits per heavy atom. The van der Waals surface area contributed by atoms with Crippen molar-refractivity contribution in [2.75, 3.05) is 4.72 Å². The molecule has 2 N–H and O–H groups in total. The molecule has 0 amide bonds. The summed E-state index contributed by atoms with van der Waals surface area (Å²) in [5.74, 6) is -5.90. The van der Waals surface area contributed by atoms with E-state index in [4.69, 9.17) is 5.11 Å². The van der Waals surface area contributed by atoms with Crippen molar-refractivity contribution >= 4 is 21.7 Å². The van der Waals surface area contributed by atoms with Gasteiger partial charge >= 0.3 is 5.97 Å². The van der Waals surface area contributed by atoms with Gasteiger partial charge in [0.2, 0.25) is 0 Å². The average Bonchev–Trinajstić information content (AvgIpc) is 2.40. The predicted molar refractivity (Wildman–Crippen MR) is 70.5 cm³/mol. The van der Waals surface area contributed by atoms with Gasteiger partial charge in [-0.2, -0.15) is 0 Å². The van der Waals surface area contributed by atoms with Crippen molar-refractivity contribution in [1.82, 2.24) is 0 Å². The minimum absolute atomic E-state index is 0.601. The normalized spacial score (nSPS) is 11.2. The number of benzene rings is 2. The second kappa shape index (κ2) is 5.68. The third kappa shape index (κ3) is 2.89. The Balaban J connectivity index is 2.53. The van der Waals surface area contributed by atoms with E-state index in [1.807, 2.05) is 0 Å². The Kier molecular flexibility index (Phi) is 4.09. The van der Waals surface area contributed by atoms with Crippen LogP contribution in [0.4, 0.5) is 18.9 Å². The van der Waals surface area contributed by atoms with E-state index in [2.05, 4.69) is 0 Å². The molecular formula is C13H8F3NO4S. The number of halogens is 3. The fourth-order valence-electron chi connectivity index (χ4n) is 1.72. The van der Waals surface area contributed by atoms with Gasteiger partial charge in [-0.1, -0.05) is 12.1 Å². The van der Waals surface area contributed by atoms with Gasteiger partial charge in [-0.05, 0) is 24.3 Å². The number of rotatable bonds is 4. The number of anilines is 1. The molecule has 2 rings (SSSR count). The van der Waals surface area contributed by atoms with Crippen molar-refractivity contribution in [3.8, 4) is 0 Å². The smallest absolute Gasteiger partial charge is 0.340 e. The third-order valence-corrected chi connectivity index (χ3v) is 4.06. The molecular weight excluding hydrogens is 323 g/mol. The Bertz CT molecular complexity index is 852. The first-order valence-corrected chi connectivity index (χ1v) is 7.21. The van der Waals surface area contributed by atoms with Crippen molar-refractivity contribution in [3.63, 3.8) is 0 Å². The van der Waals surface area contributed by atoms with E-state index in [1.54, 1.807) is 4.72 Å². The van der Waals surface area contributed by atoms with Crippen molar-refractivity contribution in [2.24, 2.45) is 0 Å². The zero-order valence-electron chi connectivity index (χ0n) is 10.7. The van der Waals surface area contributed by atoms with Crippen molar-refractivity contribution in [2.45, 2.75) is 4.90 Å². The zero-order chi connectivity index (χ0) is 16.5. The quantitative estimate of drug-likeness (QED) is 0.902. The van der Waals surface area contributed by atoms with Crippen molar-refractivity contribution < 1.29 is 31.5 Å². The molecule has 2 aromatic rings. The number of carboxylic acids is 1. The van der Waals surface area contributed by atoms with Crippen LogP contribution in [0.1, 0.15) is 10.4 Å². The van der Waals surface area contributed by atoms with Crippen LogP contribution in [-0.2, 0) is 10.0 Å². The van der Waals surface area contributed by atoms with Crippen LogP contribution in [0.15, 0.2) is 41.3 Å². The Hall–Kier alpha value is -2.55. The van der Waals surface area contributed by atoms with Gasteiger partial charge < -0.3 is 5.11 Å². The van der Waals surface area contributed by atoms with Gasteiger partial charge in [0.05, 0.1) is 5.69 Å². The molecule has 0 radical (unpaired) electrons. The van der Waals surface area contributed by atoms with E-state index < -0.39 is 49.6 Å². The lowest BCUT2D eigenvalue weighted by Crippen LogP contribution is -2.18. The SMILES string of the molecule is O=C(O)c1c(F)cccc1NS(=O)(=O)c1cccc(F)c1F. The van der Waals surface area contributed by atoms with Gasteiger partial charge in [0, 0.05) is 0 Å². The lowest BCUT2D eigenvalue weighted by molar-refractivity contribution is 0.0693. The van der Waals surface area contributed by atoms with Gasteiger partial charge in [0.1, 0.15) is 16.3 Å². The molecule has 0 unspecified atom stereocenters. The van der Waals surface area contributed by atoms with E-state index in [-0.39, 0.29) is 0 Å². The molecule has 0 spiro atoms. The molecule has 0 fully saturated rings. The maximum atomic E-state index is 13.6. The number of aromatic carboxylic acids is 1. The van der Waals surface area contributed by atoms with E-state index in [0.717, 1.165) is 36.4 Å². The molecule has 116 valence electrons. The minimum Gasteiger partial charge on any atom is -0.478 e. The lowest BCUT2D eigenvalue weighted by atomic mass is 10.2. The summed E-state index contributed by atoms with van der Waals surface area (Å²) in [6.07, 6.45) is 0. The number of carbonyl (C=O) groups is 1. The lowest BCUT2D eigenvalue weighted by Gasteiger charge is -2.11. The minimum atomic E-state index is -4.63. The Morgan fingerprint density at radius 2 is 1.59 bits per heavy atom. The Labute approximate surface area is 123 Å². The topological polar surface area (TPSA) is 83.5 Å². The predicted octanol–water partition coefficient (Wildman–Crippen LogP) is 2.60. The van der Waals surface area contributed by atoms with Crippen LogP contribution >= 0.6 is 0 Å². The first kappa shape index (κ1) is 15.8. The first-order chi connectivity index (χ1) is 10.2. The molecule has 0 heterocycles. The largest absolute Gasteiger partial charge is 0.478 e. The summed E-state index contributed by atoms with van der Waals surface area (Å²) in [5, 5.41) is 8.90. The second-order valence-electron chi connectivity index (χ2n) is 4.13. The molecule has 22 heavy (non-hydrogen) atoms. The van der Waals surface area contributed by atoms with Crippen LogP contribution in [0.2, 0.25) is 0 Å². The number of hydrogen-bond donors (Lipinski definition) is 2. The van der Waals surface area contributed by atoms with Gasteiger partial charge in [0.15, 0.2) is 11.6 Å². The molecule has 0 atom stereocenters. The van der Waals surface area contributed by atoms with Crippen LogP contribution in [0, 0.1) is 17.5 Å². The highest BCUT2D eigenvalue weighted by Crippen LogP contribution is 2.24. The summed E-state index contributed by atoms with van der Waals surface area (Å²) in [6, 6.07) is 5.36. The van der Waals surface area contributed by atoms with Crippen LogP contribution in [0.5, 0.6) is 0 Å². The molecule has 0 saturated heterocycles. The van der Waals surface area contributed by atoms with E-state index in [0.29, 0.717) is 0 Å². The highest BCUT2D eigenvalue weighted by molar-refractivity contribution is 7.92. The number of sulfonamides is 1. The maximum Gasteiger partial charge on any atom is 0.340 e. The maximum absolute atomic E-state index is 13.6. The van der Waals surface area contributed by atoms with E-state index >= 15 is 0 Å². The summed E-state index contributed by atoms with van der Waals surface area (Å²) < 4.78 is 65.9. The highest BCUT2D eigenvalue weighted by Gasteiger charge is 2.25. The van der Waals surface area contributed by atoms with Gasteiger partial charge in [-0.25, -0.2) is 26.4 Å². The second-order valence-corrected chi connectivity index (χ2v) is 5.78. The molecule has 0 aliphatic heterocycles. The first-order valence-electron chi connectivity index (χ1n) is 5.72. The summed E-state index contributed by atoms with van der Waals surface area (Å²) in [7, 11) is -4.63. The Morgan fingerprint density at radius 1 is 1.00 bits per heavy atom. The van der Waals surface area contributed by atoms with Gasteiger partial charge in [-0.3, -0.25) is 4.72 Å². The number of hydrogen-bond acceptors (Lipinski definition) is 3. The van der Waals surface area contributed by atoms with Crippen LogP contribution in [0.25, 0.3) is 0 Å². The van der Waals surface area contributed by atoms with Crippen LogP contribution in [-0.4, -0.2) is 19.5 Å². The van der Waals surface area contributed by atoms with Crippen LogP contribution in [0.3, 0.4) is 0 Å². The molecule has 0 aliphatic rings. The summed E-state index contributed by atoms with van der Waals surface area (Å²) in [4.78, 5) is 9.96. The summed E-state index contributed by atoms with van der Waals surface area (Å²) in [5.41, 5.74) is -1.53. The fourth-order valence-corrected chi connectivity index (χ4v) is 2.88. The third-order valence-electron chi connectivity index (χ3n) is 2.68. The molecule has 0 aromatic heterocycles.